The molecule has 0 aliphatic heterocycles. The van der Waals surface area contributed by atoms with Crippen LogP contribution >= 0.6 is 17.2 Å². The fourth-order valence-corrected chi connectivity index (χ4v) is 10.2. The van der Waals surface area contributed by atoms with E-state index in [9.17, 15) is 0 Å². The number of halogens is 1. The molecule has 0 spiro atoms. The van der Waals surface area contributed by atoms with Gasteiger partial charge in [-0.1, -0.05) is 0 Å². The van der Waals surface area contributed by atoms with Crippen molar-refractivity contribution in [2.75, 3.05) is 7.11 Å². The molecule has 0 bridgehead atoms. The van der Waals surface area contributed by atoms with Gasteiger partial charge in [0.25, 0.3) is 0 Å². The van der Waals surface area contributed by atoms with E-state index in [1.54, 1.807) is 7.11 Å². The van der Waals surface area contributed by atoms with E-state index < -0.39 is 5.96 Å². The Bertz CT molecular complexity index is 982. The van der Waals surface area contributed by atoms with E-state index in [0.717, 1.165) is 11.3 Å². The molecule has 0 aliphatic rings. The third kappa shape index (κ3) is 3.46. The van der Waals surface area contributed by atoms with Crippen molar-refractivity contribution < 1.29 is 4.74 Å². The SMILES string of the molecule is COc1cccc(CP(Cl)(c2ccccc2)(c2ccccc2)c2ccccc2)c1. The van der Waals surface area contributed by atoms with Crippen LogP contribution in [-0.4, -0.2) is 7.11 Å². The Hall–Kier alpha value is -2.60. The maximum atomic E-state index is 8.09. The summed E-state index contributed by atoms with van der Waals surface area (Å²) < 4.78 is 5.49. The van der Waals surface area contributed by atoms with Gasteiger partial charge in [-0.05, 0) is 0 Å². The molecular weight excluding hydrogens is 395 g/mol. The summed E-state index contributed by atoms with van der Waals surface area (Å²) in [7, 11) is 1.70. The Balaban J connectivity index is 2.06. The Morgan fingerprint density at radius 3 is 1.48 bits per heavy atom. The first-order valence-electron chi connectivity index (χ1n) is 9.68. The predicted octanol–water partition coefficient (Wildman–Crippen LogP) is 5.88. The minimum atomic E-state index is -3.30. The monoisotopic (exact) mass is 418 g/mol. The third-order valence-electron chi connectivity index (χ3n) is 5.50. The summed E-state index contributed by atoms with van der Waals surface area (Å²) in [6, 6.07) is 39.9. The summed E-state index contributed by atoms with van der Waals surface area (Å²) in [6.45, 7) is 0. The molecule has 0 saturated heterocycles. The molecule has 146 valence electrons. The molecule has 1 nitrogen and oxygen atoms in total. The summed E-state index contributed by atoms with van der Waals surface area (Å²) in [5.74, 6) is -2.45. The van der Waals surface area contributed by atoms with Crippen molar-refractivity contribution in [3.8, 4) is 5.75 Å². The molecule has 0 unspecified atom stereocenters. The quantitative estimate of drug-likeness (QED) is 0.355. The fraction of sp³-hybridized carbons (Fsp3) is 0.0769. The van der Waals surface area contributed by atoms with Crippen LogP contribution in [0.1, 0.15) is 5.56 Å². The second-order valence-corrected chi connectivity index (χ2v) is 13.7. The fourth-order valence-electron chi connectivity index (χ4n) is 4.05. The van der Waals surface area contributed by atoms with Crippen molar-refractivity contribution in [2.24, 2.45) is 0 Å². The normalized spacial score (nSPS) is 12.7. The molecule has 4 aromatic carbocycles. The van der Waals surface area contributed by atoms with E-state index >= 15 is 0 Å². The molecule has 0 aliphatic carbocycles. The average Bonchev–Trinajstić information content (AvgIpc) is 2.81. The minimum absolute atomic E-state index is 0.711. The summed E-state index contributed by atoms with van der Waals surface area (Å²) in [5, 5.41) is 3.50. The molecule has 29 heavy (non-hydrogen) atoms. The number of ether oxygens (including phenoxy) is 1. The zero-order chi connectivity index (χ0) is 20.2. The van der Waals surface area contributed by atoms with Crippen LogP contribution in [-0.2, 0) is 6.16 Å². The van der Waals surface area contributed by atoms with Crippen LogP contribution in [0, 0.1) is 0 Å². The van der Waals surface area contributed by atoms with Crippen LogP contribution in [0.15, 0.2) is 115 Å². The summed E-state index contributed by atoms with van der Waals surface area (Å²) in [4.78, 5) is 0. The molecule has 0 N–H and O–H groups in total. The summed E-state index contributed by atoms with van der Waals surface area (Å²) >= 11 is 8.09. The van der Waals surface area contributed by atoms with Gasteiger partial charge >= 0.3 is 178 Å². The number of hydrogen-bond acceptors (Lipinski definition) is 1. The first kappa shape index (κ1) is 19.7. The van der Waals surface area contributed by atoms with E-state index in [1.165, 1.54) is 15.9 Å². The molecule has 4 aromatic rings. The Labute approximate surface area is 177 Å². The molecule has 3 heteroatoms. The number of benzene rings is 4. The second-order valence-electron chi connectivity index (χ2n) is 7.20. The molecule has 4 rings (SSSR count). The van der Waals surface area contributed by atoms with Crippen molar-refractivity contribution in [1.82, 2.24) is 0 Å². The van der Waals surface area contributed by atoms with Crippen molar-refractivity contribution in [3.05, 3.63) is 121 Å². The zero-order valence-corrected chi connectivity index (χ0v) is 18.1. The van der Waals surface area contributed by atoms with E-state index in [1.807, 2.05) is 30.3 Å². The van der Waals surface area contributed by atoms with Crippen molar-refractivity contribution >= 4 is 33.1 Å². The average molecular weight is 419 g/mol. The van der Waals surface area contributed by atoms with Gasteiger partial charge in [-0.25, -0.2) is 0 Å². The molecule has 0 heterocycles. The maximum absolute atomic E-state index is 8.09. The Morgan fingerprint density at radius 2 is 1.07 bits per heavy atom. The molecular formula is C26H24ClOP. The van der Waals surface area contributed by atoms with Crippen LogP contribution in [0.3, 0.4) is 0 Å². The molecule has 0 atom stereocenters. The number of rotatable bonds is 6. The van der Waals surface area contributed by atoms with Crippen molar-refractivity contribution in [2.45, 2.75) is 6.16 Å². The van der Waals surface area contributed by atoms with Gasteiger partial charge in [0.2, 0.25) is 0 Å². The van der Waals surface area contributed by atoms with Crippen LogP contribution in [0.25, 0.3) is 0 Å². The van der Waals surface area contributed by atoms with E-state index in [-0.39, 0.29) is 0 Å². The van der Waals surface area contributed by atoms with Gasteiger partial charge in [0.15, 0.2) is 0 Å². The standard InChI is InChI=1S/C26H24ClOP/c1-28-23-13-11-12-22(20-23)21-29(27,24-14-5-2-6-15-24,25-16-7-3-8-17-25)26-18-9-4-10-19-26/h2-20H,21H2,1H3. The zero-order valence-electron chi connectivity index (χ0n) is 16.4. The van der Waals surface area contributed by atoms with Crippen LogP contribution in [0.2, 0.25) is 0 Å². The van der Waals surface area contributed by atoms with Crippen LogP contribution in [0.5, 0.6) is 5.75 Å². The van der Waals surface area contributed by atoms with Gasteiger partial charge in [0.1, 0.15) is 0 Å². The summed E-state index contributed by atoms with van der Waals surface area (Å²) in [5.41, 5.74) is 1.16. The van der Waals surface area contributed by atoms with E-state index in [4.69, 9.17) is 16.0 Å². The van der Waals surface area contributed by atoms with Crippen LogP contribution in [0.4, 0.5) is 0 Å². The topological polar surface area (TPSA) is 9.23 Å². The molecule has 0 amide bonds. The first-order valence-corrected chi connectivity index (χ1v) is 13.0. The van der Waals surface area contributed by atoms with Gasteiger partial charge in [0, 0.05) is 0 Å². The molecule has 0 radical (unpaired) electrons. The molecule has 0 fully saturated rings. The van der Waals surface area contributed by atoms with Crippen molar-refractivity contribution in [1.29, 1.82) is 0 Å². The number of methoxy groups -OCH3 is 1. The Morgan fingerprint density at radius 1 is 0.621 bits per heavy atom. The van der Waals surface area contributed by atoms with Crippen molar-refractivity contribution in [3.63, 3.8) is 0 Å². The number of hydrogen-bond donors (Lipinski definition) is 0. The third-order valence-corrected chi connectivity index (χ3v) is 12.7. The van der Waals surface area contributed by atoms with Gasteiger partial charge < -0.3 is 0 Å². The second kappa shape index (κ2) is 8.03. The Kier molecular flexibility index (Phi) is 5.46. The van der Waals surface area contributed by atoms with E-state index in [0.29, 0.717) is 6.16 Å². The predicted molar refractivity (Wildman–Crippen MR) is 128 cm³/mol. The first-order chi connectivity index (χ1) is 14.1. The van der Waals surface area contributed by atoms with Gasteiger partial charge in [0.05, 0.1) is 0 Å². The summed E-state index contributed by atoms with van der Waals surface area (Å²) in [6.07, 6.45) is 0.711. The van der Waals surface area contributed by atoms with Gasteiger partial charge in [-0.15, -0.1) is 0 Å². The molecule has 0 aromatic heterocycles. The van der Waals surface area contributed by atoms with Gasteiger partial charge in [-0.3, -0.25) is 0 Å². The van der Waals surface area contributed by atoms with Gasteiger partial charge in [-0.2, -0.15) is 0 Å². The molecule has 0 saturated carbocycles. The van der Waals surface area contributed by atoms with E-state index in [2.05, 4.69) is 84.9 Å². The van der Waals surface area contributed by atoms with Crippen LogP contribution < -0.4 is 20.7 Å².